The van der Waals surface area contributed by atoms with Crippen LogP contribution in [0.4, 0.5) is 0 Å². The van der Waals surface area contributed by atoms with Crippen molar-refractivity contribution in [3.63, 3.8) is 0 Å². The van der Waals surface area contributed by atoms with Crippen LogP contribution in [0.5, 0.6) is 0 Å². The Kier molecular flexibility index (Phi) is 3.98. The molecule has 0 spiro atoms. The molecule has 0 bridgehead atoms. The summed E-state index contributed by atoms with van der Waals surface area (Å²) in [7, 11) is 0.340. The van der Waals surface area contributed by atoms with Gasteiger partial charge >= 0.3 is 0 Å². The lowest BCUT2D eigenvalue weighted by molar-refractivity contribution is 0.422. The molecule has 0 heterocycles. The van der Waals surface area contributed by atoms with E-state index < -0.39 is 9.20 Å². The zero-order valence-electron chi connectivity index (χ0n) is 4.55. The van der Waals surface area contributed by atoms with Crippen LogP contribution in [0.25, 0.3) is 0 Å². The van der Waals surface area contributed by atoms with Gasteiger partial charge < -0.3 is 9.83 Å². The van der Waals surface area contributed by atoms with E-state index in [0.717, 1.165) is 6.04 Å². The highest BCUT2D eigenvalue weighted by molar-refractivity contribution is 6.48. The molecule has 0 fully saturated rings. The van der Waals surface area contributed by atoms with Gasteiger partial charge in [0.15, 0.2) is 0 Å². The molecule has 42 valence electrons. The van der Waals surface area contributed by atoms with Crippen LogP contribution in [-0.2, 0) is 4.43 Å². The lowest BCUT2D eigenvalue weighted by atomic mass is 10.8. The first kappa shape index (κ1) is 6.88. The van der Waals surface area contributed by atoms with Crippen LogP contribution in [0.15, 0.2) is 12.7 Å². The molecule has 0 saturated carbocycles. The molecule has 2 N–H and O–H groups in total. The highest BCUT2D eigenvalue weighted by Gasteiger charge is 1.95. The fraction of sp³-hybridized carbons (Fsp3) is 0.500. The molecular formula is C4H11NOSi. The van der Waals surface area contributed by atoms with Gasteiger partial charge in [0.25, 0.3) is 9.20 Å². The van der Waals surface area contributed by atoms with Crippen molar-refractivity contribution in [2.75, 3.05) is 7.11 Å². The monoisotopic (exact) mass is 117 g/mol. The summed E-state index contributed by atoms with van der Waals surface area (Å²) >= 11 is 0. The normalized spacial score (nSPS) is 13.4. The molecule has 1 unspecified atom stereocenters. The van der Waals surface area contributed by atoms with E-state index in [2.05, 4.69) is 6.58 Å². The van der Waals surface area contributed by atoms with Gasteiger partial charge in [0.1, 0.15) is 0 Å². The summed E-state index contributed by atoms with van der Waals surface area (Å²) in [5.74, 6) is 0. The van der Waals surface area contributed by atoms with Crippen molar-refractivity contribution in [1.82, 2.24) is 0 Å². The largest absolute Gasteiger partial charge is 0.409 e. The van der Waals surface area contributed by atoms with Crippen LogP contribution >= 0.6 is 0 Å². The Morgan fingerprint density at radius 1 is 2.00 bits per heavy atom. The number of hydrogen-bond donors (Lipinski definition) is 1. The molecule has 0 aromatic heterocycles. The lowest BCUT2D eigenvalue weighted by Crippen LogP contribution is -2.26. The molecule has 7 heavy (non-hydrogen) atoms. The van der Waals surface area contributed by atoms with Crippen LogP contribution in [0.3, 0.4) is 0 Å². The smallest absolute Gasteiger partial charge is 0.252 e. The van der Waals surface area contributed by atoms with Crippen molar-refractivity contribution in [2.24, 2.45) is 5.40 Å². The fourth-order valence-electron chi connectivity index (χ4n) is 0.260. The minimum absolute atomic E-state index is 0.858. The van der Waals surface area contributed by atoms with Crippen molar-refractivity contribution < 1.29 is 4.43 Å². The summed E-state index contributed by atoms with van der Waals surface area (Å²) in [6, 6.07) is 0.858. The zero-order chi connectivity index (χ0) is 5.70. The van der Waals surface area contributed by atoms with E-state index in [1.807, 2.05) is 0 Å². The van der Waals surface area contributed by atoms with Crippen molar-refractivity contribution in [1.29, 1.82) is 0 Å². The third-order valence-electron chi connectivity index (χ3n) is 0.702. The van der Waals surface area contributed by atoms with Gasteiger partial charge in [-0.2, -0.15) is 0 Å². The molecule has 0 rings (SSSR count). The summed E-state index contributed by atoms with van der Waals surface area (Å²) < 4.78 is 4.84. The topological polar surface area (TPSA) is 35.2 Å². The van der Waals surface area contributed by atoms with Crippen LogP contribution < -0.4 is 5.40 Å². The summed E-state index contributed by atoms with van der Waals surface area (Å²) in [5, 5.41) is 5.43. The molecule has 0 aliphatic heterocycles. The summed E-state index contributed by atoms with van der Waals surface area (Å²) in [6.07, 6.45) is 1.79. The Morgan fingerprint density at radius 3 is 2.71 bits per heavy atom. The number of allylic oxidation sites excluding steroid dienone is 1. The van der Waals surface area contributed by atoms with Crippen LogP contribution in [0, 0.1) is 0 Å². The maximum Gasteiger partial charge on any atom is 0.252 e. The van der Waals surface area contributed by atoms with Crippen molar-refractivity contribution in [2.45, 2.75) is 6.04 Å². The maximum atomic E-state index is 5.43. The van der Waals surface area contributed by atoms with Crippen LogP contribution in [-0.4, -0.2) is 16.3 Å². The second kappa shape index (κ2) is 4.05. The predicted molar refractivity (Wildman–Crippen MR) is 33.3 cm³/mol. The fourth-order valence-corrected chi connectivity index (χ4v) is 0.781. The second-order valence-electron chi connectivity index (χ2n) is 1.30. The van der Waals surface area contributed by atoms with Crippen LogP contribution in [0.2, 0.25) is 6.04 Å². The van der Waals surface area contributed by atoms with E-state index in [1.165, 1.54) is 0 Å². The molecule has 1 atom stereocenters. The van der Waals surface area contributed by atoms with Gasteiger partial charge in [-0.3, -0.25) is 0 Å². The average Bonchev–Trinajstić information content (AvgIpc) is 1.68. The summed E-state index contributed by atoms with van der Waals surface area (Å²) in [6.45, 7) is 3.52. The van der Waals surface area contributed by atoms with Crippen molar-refractivity contribution in [3.05, 3.63) is 12.7 Å². The van der Waals surface area contributed by atoms with Gasteiger partial charge in [0, 0.05) is 7.11 Å². The van der Waals surface area contributed by atoms with Crippen molar-refractivity contribution >= 4 is 9.20 Å². The second-order valence-corrected chi connectivity index (χ2v) is 3.32. The number of rotatable bonds is 3. The molecule has 0 aliphatic carbocycles. The van der Waals surface area contributed by atoms with E-state index in [9.17, 15) is 0 Å². The van der Waals surface area contributed by atoms with Gasteiger partial charge in [-0.15, -0.1) is 6.58 Å². The first-order valence-corrected chi connectivity index (χ1v) is 4.16. The predicted octanol–water partition coefficient (Wildman–Crippen LogP) is -0.00200. The number of hydrogen-bond acceptors (Lipinski definition) is 2. The van der Waals surface area contributed by atoms with E-state index in [-0.39, 0.29) is 0 Å². The molecule has 0 aromatic carbocycles. The highest BCUT2D eigenvalue weighted by atomic mass is 28.3. The third kappa shape index (κ3) is 3.71. The molecule has 0 saturated heterocycles. The Balaban J connectivity index is 2.98. The van der Waals surface area contributed by atoms with Gasteiger partial charge in [0.05, 0.1) is 0 Å². The Labute approximate surface area is 45.8 Å². The van der Waals surface area contributed by atoms with Gasteiger partial charge in [-0.1, -0.05) is 6.08 Å². The minimum Gasteiger partial charge on any atom is -0.409 e. The lowest BCUT2D eigenvalue weighted by Gasteiger charge is -1.99. The third-order valence-corrected chi connectivity index (χ3v) is 2.11. The quantitative estimate of drug-likeness (QED) is 0.417. The average molecular weight is 117 g/mol. The molecule has 3 heteroatoms. The first-order valence-electron chi connectivity index (χ1n) is 2.20. The summed E-state index contributed by atoms with van der Waals surface area (Å²) in [5.41, 5.74) is 0. The van der Waals surface area contributed by atoms with Gasteiger partial charge in [-0.05, 0) is 6.04 Å². The molecule has 0 radical (unpaired) electrons. The van der Waals surface area contributed by atoms with Gasteiger partial charge in [-0.25, -0.2) is 0 Å². The number of nitrogens with two attached hydrogens (primary N) is 1. The zero-order valence-corrected chi connectivity index (χ0v) is 5.71. The standard InChI is InChI=1S/C4H11NOSi/c1-3-4-7(5)6-2/h3,7H,1,4-5H2,2H3. The molecular weight excluding hydrogens is 106 g/mol. The first-order chi connectivity index (χ1) is 3.31. The Hall–Kier alpha value is -0.123. The molecule has 0 aromatic rings. The SMILES string of the molecule is C=CC[SiH](N)OC. The Bertz CT molecular complexity index is 57.7. The minimum atomic E-state index is -1.30. The van der Waals surface area contributed by atoms with E-state index >= 15 is 0 Å². The Morgan fingerprint density at radius 2 is 2.57 bits per heavy atom. The molecule has 2 nitrogen and oxygen atoms in total. The van der Waals surface area contributed by atoms with E-state index in [4.69, 9.17) is 9.83 Å². The molecule has 0 amide bonds. The van der Waals surface area contributed by atoms with Crippen molar-refractivity contribution in [3.8, 4) is 0 Å². The maximum absolute atomic E-state index is 5.43. The molecule has 0 aliphatic rings. The van der Waals surface area contributed by atoms with E-state index in [0.29, 0.717) is 0 Å². The van der Waals surface area contributed by atoms with E-state index in [1.54, 1.807) is 13.2 Å². The van der Waals surface area contributed by atoms with Gasteiger partial charge in [0.2, 0.25) is 0 Å². The highest BCUT2D eigenvalue weighted by Crippen LogP contribution is 1.83. The summed E-state index contributed by atoms with van der Waals surface area (Å²) in [4.78, 5) is 0. The van der Waals surface area contributed by atoms with Crippen LogP contribution in [0.1, 0.15) is 0 Å².